The van der Waals surface area contributed by atoms with Crippen LogP contribution in [-0.2, 0) is 0 Å². The Morgan fingerprint density at radius 1 is 1.50 bits per heavy atom. The first-order valence-corrected chi connectivity index (χ1v) is 5.49. The van der Waals surface area contributed by atoms with E-state index in [0.717, 1.165) is 23.9 Å². The molecule has 2 N–H and O–H groups in total. The van der Waals surface area contributed by atoms with Gasteiger partial charge in [-0.15, -0.1) is 0 Å². The van der Waals surface area contributed by atoms with E-state index in [-0.39, 0.29) is 6.04 Å². The summed E-state index contributed by atoms with van der Waals surface area (Å²) in [7, 11) is 0. The topological polar surface area (TPSA) is 39.2 Å². The van der Waals surface area contributed by atoms with Gasteiger partial charge in [-0.2, -0.15) is 0 Å². The summed E-state index contributed by atoms with van der Waals surface area (Å²) in [6, 6.07) is 2.25. The van der Waals surface area contributed by atoms with Gasteiger partial charge in [0.25, 0.3) is 0 Å². The van der Waals surface area contributed by atoms with Gasteiger partial charge in [0.1, 0.15) is 11.5 Å². The molecule has 0 amide bonds. The molecule has 1 unspecified atom stereocenters. The highest BCUT2D eigenvalue weighted by Gasteiger charge is 2.22. The minimum Gasteiger partial charge on any atom is -0.466 e. The van der Waals surface area contributed by atoms with Gasteiger partial charge in [-0.3, -0.25) is 0 Å². The van der Waals surface area contributed by atoms with Crippen molar-refractivity contribution < 1.29 is 4.42 Å². The first kappa shape index (κ1) is 9.78. The summed E-state index contributed by atoms with van der Waals surface area (Å²) in [6.45, 7) is 3.98. The van der Waals surface area contributed by atoms with Crippen LogP contribution in [0.1, 0.15) is 48.8 Å². The largest absolute Gasteiger partial charge is 0.466 e. The molecule has 1 aliphatic rings. The Hall–Kier alpha value is -0.760. The van der Waals surface area contributed by atoms with Crippen molar-refractivity contribution in [3.05, 3.63) is 23.2 Å². The molecule has 0 aromatic carbocycles. The van der Waals surface area contributed by atoms with Crippen LogP contribution in [0.4, 0.5) is 0 Å². The van der Waals surface area contributed by atoms with Crippen molar-refractivity contribution in [2.75, 3.05) is 0 Å². The second kappa shape index (κ2) is 3.77. The Labute approximate surface area is 85.5 Å². The van der Waals surface area contributed by atoms with Crippen LogP contribution in [-0.4, -0.2) is 0 Å². The van der Waals surface area contributed by atoms with E-state index < -0.39 is 0 Å². The molecule has 1 aromatic heterocycles. The molecular formula is C12H19NO. The van der Waals surface area contributed by atoms with E-state index >= 15 is 0 Å². The number of rotatable bonds is 4. The highest BCUT2D eigenvalue weighted by molar-refractivity contribution is 5.23. The summed E-state index contributed by atoms with van der Waals surface area (Å²) in [6.07, 6.45) is 5.21. The lowest BCUT2D eigenvalue weighted by Gasteiger charge is -2.09. The third kappa shape index (κ3) is 2.18. The summed E-state index contributed by atoms with van der Waals surface area (Å²) < 4.78 is 5.48. The normalized spacial score (nSPS) is 18.5. The van der Waals surface area contributed by atoms with Crippen LogP contribution in [0, 0.1) is 19.8 Å². The van der Waals surface area contributed by atoms with Crippen LogP contribution in [0.3, 0.4) is 0 Å². The minimum absolute atomic E-state index is 0.174. The molecule has 0 bridgehead atoms. The lowest BCUT2D eigenvalue weighted by Crippen LogP contribution is -2.10. The average molecular weight is 193 g/mol. The van der Waals surface area contributed by atoms with Gasteiger partial charge in [0.15, 0.2) is 0 Å². The maximum Gasteiger partial charge on any atom is 0.105 e. The van der Waals surface area contributed by atoms with E-state index in [4.69, 9.17) is 10.2 Å². The third-order valence-electron chi connectivity index (χ3n) is 3.06. The Bertz CT molecular complexity index is 312. The van der Waals surface area contributed by atoms with Crippen LogP contribution in [0.25, 0.3) is 0 Å². The summed E-state index contributed by atoms with van der Waals surface area (Å²) in [5.74, 6) is 2.93. The summed E-state index contributed by atoms with van der Waals surface area (Å²) in [4.78, 5) is 0. The van der Waals surface area contributed by atoms with Gasteiger partial charge < -0.3 is 10.2 Å². The van der Waals surface area contributed by atoms with E-state index in [2.05, 4.69) is 6.07 Å². The number of nitrogens with two attached hydrogens (primary N) is 1. The molecule has 1 aromatic rings. The van der Waals surface area contributed by atoms with E-state index in [1.54, 1.807) is 0 Å². The molecule has 2 heteroatoms. The molecule has 0 spiro atoms. The van der Waals surface area contributed by atoms with Crippen LogP contribution in [0.2, 0.25) is 0 Å². The van der Waals surface area contributed by atoms with Gasteiger partial charge in [-0.25, -0.2) is 0 Å². The molecule has 1 heterocycles. The van der Waals surface area contributed by atoms with Gasteiger partial charge in [-0.1, -0.05) is 12.8 Å². The smallest absolute Gasteiger partial charge is 0.105 e. The molecule has 14 heavy (non-hydrogen) atoms. The zero-order valence-corrected chi connectivity index (χ0v) is 9.05. The summed E-state index contributed by atoms with van der Waals surface area (Å²) in [5.41, 5.74) is 7.32. The Morgan fingerprint density at radius 2 is 2.21 bits per heavy atom. The molecule has 2 nitrogen and oxygen atoms in total. The fourth-order valence-electron chi connectivity index (χ4n) is 2.00. The first-order chi connectivity index (χ1) is 6.66. The minimum atomic E-state index is 0.174. The van der Waals surface area contributed by atoms with Crippen LogP contribution < -0.4 is 5.73 Å². The van der Waals surface area contributed by atoms with Crippen molar-refractivity contribution in [1.82, 2.24) is 0 Å². The number of furan rings is 1. The maximum atomic E-state index is 6.13. The lowest BCUT2D eigenvalue weighted by atomic mass is 10.0. The van der Waals surface area contributed by atoms with Crippen molar-refractivity contribution >= 4 is 0 Å². The van der Waals surface area contributed by atoms with E-state index in [1.165, 1.54) is 24.8 Å². The Morgan fingerprint density at radius 3 is 2.71 bits per heavy atom. The molecule has 0 saturated heterocycles. The maximum absolute atomic E-state index is 6.13. The molecule has 78 valence electrons. The Balaban J connectivity index is 1.94. The molecule has 1 atom stereocenters. The quantitative estimate of drug-likeness (QED) is 0.798. The van der Waals surface area contributed by atoms with Crippen molar-refractivity contribution in [3.8, 4) is 0 Å². The lowest BCUT2D eigenvalue weighted by molar-refractivity contribution is 0.492. The van der Waals surface area contributed by atoms with Gasteiger partial charge in [0.2, 0.25) is 0 Å². The highest BCUT2D eigenvalue weighted by Crippen LogP contribution is 2.36. The zero-order valence-electron chi connectivity index (χ0n) is 9.05. The van der Waals surface area contributed by atoms with E-state index in [1.807, 2.05) is 13.8 Å². The first-order valence-electron chi connectivity index (χ1n) is 5.49. The van der Waals surface area contributed by atoms with E-state index in [0.29, 0.717) is 0 Å². The summed E-state index contributed by atoms with van der Waals surface area (Å²) in [5, 5.41) is 0. The van der Waals surface area contributed by atoms with Gasteiger partial charge in [0.05, 0.1) is 0 Å². The van der Waals surface area contributed by atoms with Crippen LogP contribution in [0.15, 0.2) is 10.5 Å². The van der Waals surface area contributed by atoms with Crippen molar-refractivity contribution in [1.29, 1.82) is 0 Å². The van der Waals surface area contributed by atoms with Crippen molar-refractivity contribution in [2.24, 2.45) is 11.7 Å². The molecule has 2 rings (SSSR count). The van der Waals surface area contributed by atoms with Gasteiger partial charge in [-0.05, 0) is 38.7 Å². The van der Waals surface area contributed by atoms with E-state index in [9.17, 15) is 0 Å². The molecule has 1 saturated carbocycles. The summed E-state index contributed by atoms with van der Waals surface area (Å²) >= 11 is 0. The fourth-order valence-corrected chi connectivity index (χ4v) is 2.00. The number of aryl methyl sites for hydroxylation is 2. The van der Waals surface area contributed by atoms with Crippen LogP contribution in [0.5, 0.6) is 0 Å². The van der Waals surface area contributed by atoms with Gasteiger partial charge in [0, 0.05) is 11.6 Å². The number of hydrogen-bond donors (Lipinski definition) is 1. The predicted molar refractivity (Wildman–Crippen MR) is 57.1 cm³/mol. The molecule has 1 aliphatic carbocycles. The molecule has 1 fully saturated rings. The number of hydrogen-bond acceptors (Lipinski definition) is 2. The molecule has 0 radical (unpaired) electrons. The second-order valence-corrected chi connectivity index (χ2v) is 4.50. The third-order valence-corrected chi connectivity index (χ3v) is 3.06. The van der Waals surface area contributed by atoms with Crippen molar-refractivity contribution in [2.45, 2.75) is 45.6 Å². The average Bonchev–Trinajstić information content (AvgIpc) is 2.88. The SMILES string of the molecule is Cc1cc(C(N)CCC2CC2)c(C)o1. The molecular weight excluding hydrogens is 174 g/mol. The fraction of sp³-hybridized carbons (Fsp3) is 0.667. The monoisotopic (exact) mass is 193 g/mol. The standard InChI is InChI=1S/C12H19NO/c1-8-7-11(9(2)14-8)12(13)6-5-10-3-4-10/h7,10,12H,3-6,13H2,1-2H3. The Kier molecular flexibility index (Phi) is 2.64. The molecule has 0 aliphatic heterocycles. The second-order valence-electron chi connectivity index (χ2n) is 4.50. The predicted octanol–water partition coefficient (Wildman–Crippen LogP) is 3.09. The van der Waals surface area contributed by atoms with Crippen LogP contribution >= 0.6 is 0 Å². The van der Waals surface area contributed by atoms with Gasteiger partial charge >= 0.3 is 0 Å². The van der Waals surface area contributed by atoms with Crippen molar-refractivity contribution in [3.63, 3.8) is 0 Å². The highest BCUT2D eigenvalue weighted by atomic mass is 16.3. The zero-order chi connectivity index (χ0) is 10.1.